The van der Waals surface area contributed by atoms with Crippen LogP contribution < -0.4 is 11.3 Å². The number of fused-ring (bicyclic) bond motifs is 1. The van der Waals surface area contributed by atoms with Crippen LogP contribution in [-0.4, -0.2) is 9.55 Å². The Balaban J connectivity index is 1.99. The van der Waals surface area contributed by atoms with Crippen LogP contribution in [0.1, 0.15) is 19.4 Å². The molecule has 26 heavy (non-hydrogen) atoms. The highest BCUT2D eigenvalue weighted by Gasteiger charge is 2.16. The smallest absolute Gasteiger partial charge is 0.255 e. The van der Waals surface area contributed by atoms with E-state index in [4.69, 9.17) is 5.73 Å². The van der Waals surface area contributed by atoms with E-state index in [1.54, 1.807) is 6.20 Å². The Hall–Kier alpha value is -3.11. The summed E-state index contributed by atoms with van der Waals surface area (Å²) < 4.78 is 2.05. The second kappa shape index (κ2) is 6.00. The largest absolute Gasteiger partial charge is 0.329 e. The van der Waals surface area contributed by atoms with Crippen molar-refractivity contribution in [2.75, 3.05) is 0 Å². The third kappa shape index (κ3) is 2.74. The predicted octanol–water partition coefficient (Wildman–Crippen LogP) is 4.18. The summed E-state index contributed by atoms with van der Waals surface area (Å²) in [7, 11) is 0. The van der Waals surface area contributed by atoms with Crippen LogP contribution in [0.25, 0.3) is 27.6 Å². The molecule has 0 bridgehead atoms. The lowest BCUT2D eigenvalue weighted by Gasteiger charge is -2.20. The highest BCUT2D eigenvalue weighted by atomic mass is 16.1. The first-order valence-electron chi connectivity index (χ1n) is 8.63. The highest BCUT2D eigenvalue weighted by molar-refractivity contribution is 5.96. The number of hydrogen-bond acceptors (Lipinski definition) is 2. The van der Waals surface area contributed by atoms with Gasteiger partial charge in [0.25, 0.3) is 5.56 Å². The molecule has 130 valence electrons. The summed E-state index contributed by atoms with van der Waals surface area (Å²) in [6.07, 6.45) is 5.69. The molecule has 0 amide bonds. The van der Waals surface area contributed by atoms with Crippen LogP contribution >= 0.6 is 0 Å². The Morgan fingerprint density at radius 3 is 2.27 bits per heavy atom. The van der Waals surface area contributed by atoms with Gasteiger partial charge in [-0.3, -0.25) is 4.79 Å². The minimum atomic E-state index is -0.377. The molecule has 0 aliphatic heterocycles. The van der Waals surface area contributed by atoms with Crippen LogP contribution in [0.5, 0.6) is 0 Å². The number of nitrogens with one attached hydrogen (secondary N) is 1. The molecule has 4 heteroatoms. The number of aromatic nitrogens is 2. The summed E-state index contributed by atoms with van der Waals surface area (Å²) in [4.78, 5) is 15.0. The average Bonchev–Trinajstić information content (AvgIpc) is 3.15. The fourth-order valence-corrected chi connectivity index (χ4v) is 3.33. The van der Waals surface area contributed by atoms with Gasteiger partial charge in [0.05, 0.1) is 5.69 Å². The SMILES string of the molecule is CC(C)(N)c1ccc(-c2ccc3c(=O)[nH]ccc3c2-n2cccc2)cc1. The van der Waals surface area contributed by atoms with Crippen molar-refractivity contribution in [2.24, 2.45) is 5.73 Å². The van der Waals surface area contributed by atoms with Crippen molar-refractivity contribution < 1.29 is 0 Å². The molecule has 4 aromatic rings. The summed E-state index contributed by atoms with van der Waals surface area (Å²) in [6, 6.07) is 18.1. The van der Waals surface area contributed by atoms with Crippen LogP contribution in [0.3, 0.4) is 0 Å². The van der Waals surface area contributed by atoms with Crippen molar-refractivity contribution in [3.05, 3.63) is 89.1 Å². The molecule has 4 rings (SSSR count). The molecule has 0 radical (unpaired) electrons. The minimum absolute atomic E-state index is 0.0808. The third-order valence-corrected chi connectivity index (χ3v) is 4.73. The van der Waals surface area contributed by atoms with Gasteiger partial charge < -0.3 is 15.3 Å². The van der Waals surface area contributed by atoms with Gasteiger partial charge in [-0.05, 0) is 49.2 Å². The molecule has 2 aromatic heterocycles. The summed E-state index contributed by atoms with van der Waals surface area (Å²) in [6.45, 7) is 3.99. The quantitative estimate of drug-likeness (QED) is 0.586. The maximum atomic E-state index is 12.2. The number of nitrogens with zero attached hydrogens (tertiary/aromatic N) is 1. The molecule has 2 heterocycles. The van der Waals surface area contributed by atoms with Crippen LogP contribution in [0, 0.1) is 0 Å². The first kappa shape index (κ1) is 16.4. The highest BCUT2D eigenvalue weighted by Crippen LogP contribution is 2.33. The average molecular weight is 343 g/mol. The van der Waals surface area contributed by atoms with E-state index in [0.717, 1.165) is 27.8 Å². The van der Waals surface area contributed by atoms with Gasteiger partial charge in [0.2, 0.25) is 0 Å². The summed E-state index contributed by atoms with van der Waals surface area (Å²) in [5.74, 6) is 0. The maximum absolute atomic E-state index is 12.2. The minimum Gasteiger partial charge on any atom is -0.329 e. The molecule has 2 aromatic carbocycles. The van der Waals surface area contributed by atoms with Crippen LogP contribution in [-0.2, 0) is 5.54 Å². The zero-order chi connectivity index (χ0) is 18.3. The predicted molar refractivity (Wildman–Crippen MR) is 107 cm³/mol. The van der Waals surface area contributed by atoms with Crippen molar-refractivity contribution in [1.29, 1.82) is 0 Å². The lowest BCUT2D eigenvalue weighted by atomic mass is 9.92. The Morgan fingerprint density at radius 1 is 0.923 bits per heavy atom. The van der Waals surface area contributed by atoms with Crippen LogP contribution in [0.4, 0.5) is 0 Å². The number of nitrogens with two attached hydrogens (primary N) is 1. The van der Waals surface area contributed by atoms with Crippen molar-refractivity contribution in [3.8, 4) is 16.8 Å². The number of benzene rings is 2. The normalized spacial score (nSPS) is 11.8. The molecule has 0 unspecified atom stereocenters. The summed E-state index contributed by atoms with van der Waals surface area (Å²) in [5.41, 5.74) is 9.98. The molecule has 0 spiro atoms. The molecule has 0 aliphatic carbocycles. The van der Waals surface area contributed by atoms with Gasteiger partial charge in [0.15, 0.2) is 0 Å². The van der Waals surface area contributed by atoms with Crippen LogP contribution in [0.2, 0.25) is 0 Å². The lowest BCUT2D eigenvalue weighted by molar-refractivity contribution is 0.554. The molecule has 0 aliphatic rings. The lowest BCUT2D eigenvalue weighted by Crippen LogP contribution is -2.28. The van der Waals surface area contributed by atoms with Gasteiger partial charge in [-0.1, -0.05) is 30.3 Å². The molecule has 0 fully saturated rings. The number of hydrogen-bond donors (Lipinski definition) is 2. The zero-order valence-electron chi connectivity index (χ0n) is 14.9. The zero-order valence-corrected chi connectivity index (χ0v) is 14.9. The topological polar surface area (TPSA) is 63.8 Å². The molecule has 0 saturated heterocycles. The Labute approximate surface area is 151 Å². The van der Waals surface area contributed by atoms with E-state index in [2.05, 4.69) is 33.8 Å². The molecular weight excluding hydrogens is 322 g/mol. The Kier molecular flexibility index (Phi) is 3.78. The van der Waals surface area contributed by atoms with Gasteiger partial charge in [-0.2, -0.15) is 0 Å². The first-order chi connectivity index (χ1) is 12.4. The molecule has 0 saturated carbocycles. The van der Waals surface area contributed by atoms with Crippen molar-refractivity contribution in [2.45, 2.75) is 19.4 Å². The number of aromatic amines is 1. The van der Waals surface area contributed by atoms with E-state index in [0.29, 0.717) is 5.39 Å². The van der Waals surface area contributed by atoms with E-state index in [-0.39, 0.29) is 11.1 Å². The van der Waals surface area contributed by atoms with Gasteiger partial charge in [0.1, 0.15) is 0 Å². The molecular formula is C22H21N3O. The van der Waals surface area contributed by atoms with Crippen molar-refractivity contribution in [3.63, 3.8) is 0 Å². The van der Waals surface area contributed by atoms with E-state index >= 15 is 0 Å². The second-order valence-corrected chi connectivity index (χ2v) is 7.12. The molecule has 3 N–H and O–H groups in total. The van der Waals surface area contributed by atoms with E-state index < -0.39 is 0 Å². The fourth-order valence-electron chi connectivity index (χ4n) is 3.33. The van der Waals surface area contributed by atoms with Crippen LogP contribution in [0.15, 0.2) is 78.0 Å². The second-order valence-electron chi connectivity index (χ2n) is 7.12. The Bertz CT molecular complexity index is 1110. The maximum Gasteiger partial charge on any atom is 0.255 e. The number of pyridine rings is 1. The van der Waals surface area contributed by atoms with Crippen molar-refractivity contribution in [1.82, 2.24) is 9.55 Å². The number of H-pyrrole nitrogens is 1. The van der Waals surface area contributed by atoms with Gasteiger partial charge >= 0.3 is 0 Å². The molecule has 0 atom stereocenters. The summed E-state index contributed by atoms with van der Waals surface area (Å²) in [5, 5.41) is 1.60. The monoisotopic (exact) mass is 343 g/mol. The van der Waals surface area contributed by atoms with E-state index in [1.165, 1.54) is 0 Å². The van der Waals surface area contributed by atoms with Crippen molar-refractivity contribution >= 4 is 10.8 Å². The Morgan fingerprint density at radius 2 is 1.62 bits per heavy atom. The standard InChI is InChI=1S/C22H21N3O/c1-22(2,23)16-7-5-15(6-8-16)17-9-10-19-18(11-12-24-21(19)26)20(17)25-13-3-4-14-25/h3-14H,23H2,1-2H3,(H,24,26). The third-order valence-electron chi connectivity index (χ3n) is 4.73. The van der Waals surface area contributed by atoms with Gasteiger partial charge in [-0.25, -0.2) is 0 Å². The molecule has 4 nitrogen and oxygen atoms in total. The summed E-state index contributed by atoms with van der Waals surface area (Å²) >= 11 is 0. The number of rotatable bonds is 3. The van der Waals surface area contributed by atoms with Gasteiger partial charge in [0, 0.05) is 40.5 Å². The first-order valence-corrected chi connectivity index (χ1v) is 8.63. The van der Waals surface area contributed by atoms with Gasteiger partial charge in [-0.15, -0.1) is 0 Å². The van der Waals surface area contributed by atoms with E-state index in [1.807, 2.05) is 56.6 Å². The van der Waals surface area contributed by atoms with E-state index in [9.17, 15) is 4.79 Å². The fraction of sp³-hybridized carbons (Fsp3) is 0.136.